The van der Waals surface area contributed by atoms with Crippen molar-refractivity contribution in [3.8, 4) is 5.75 Å². The molecule has 1 aromatic heterocycles. The second kappa shape index (κ2) is 5.39. The highest BCUT2D eigenvalue weighted by molar-refractivity contribution is 6.30. The van der Waals surface area contributed by atoms with E-state index in [1.807, 2.05) is 0 Å². The highest BCUT2D eigenvalue weighted by Crippen LogP contribution is 2.24. The van der Waals surface area contributed by atoms with E-state index in [1.54, 1.807) is 12.1 Å². The molecule has 0 radical (unpaired) electrons. The predicted molar refractivity (Wildman–Crippen MR) is 61.2 cm³/mol. The van der Waals surface area contributed by atoms with Gasteiger partial charge in [0.1, 0.15) is 5.82 Å². The molecule has 0 atom stereocenters. The third kappa shape index (κ3) is 2.87. The third-order valence-corrected chi connectivity index (χ3v) is 2.43. The number of morpholine rings is 1. The van der Waals surface area contributed by atoms with Crippen LogP contribution in [0, 0.1) is 0 Å². The molecule has 0 saturated carbocycles. The van der Waals surface area contributed by atoms with Crippen LogP contribution in [-0.2, 0) is 4.74 Å². The molecule has 1 N–H and O–H groups in total. The molecular formula is C9H12Cl2N2O2. The van der Waals surface area contributed by atoms with Gasteiger partial charge in [0.25, 0.3) is 0 Å². The van der Waals surface area contributed by atoms with Gasteiger partial charge in [0.2, 0.25) is 0 Å². The van der Waals surface area contributed by atoms with Crippen LogP contribution in [0.25, 0.3) is 0 Å². The Bertz CT molecular complexity index is 330. The molecule has 84 valence electrons. The lowest BCUT2D eigenvalue weighted by atomic mass is 10.3. The Balaban J connectivity index is 0.00000112. The summed E-state index contributed by atoms with van der Waals surface area (Å²) in [6.07, 6.45) is 0. The largest absolute Gasteiger partial charge is 0.505 e. The van der Waals surface area contributed by atoms with Crippen LogP contribution >= 0.6 is 24.0 Å². The SMILES string of the molecule is Cl.Oc1ccc(N2CCOCC2)nc1Cl. The van der Waals surface area contributed by atoms with Crippen LogP contribution < -0.4 is 4.90 Å². The van der Waals surface area contributed by atoms with E-state index in [-0.39, 0.29) is 23.3 Å². The number of aromatic nitrogens is 1. The zero-order chi connectivity index (χ0) is 9.97. The average Bonchev–Trinajstić information content (AvgIpc) is 2.23. The maximum absolute atomic E-state index is 9.20. The molecular weight excluding hydrogens is 239 g/mol. The Kier molecular flexibility index (Phi) is 4.45. The lowest BCUT2D eigenvalue weighted by Crippen LogP contribution is -2.36. The van der Waals surface area contributed by atoms with Gasteiger partial charge in [-0.3, -0.25) is 0 Å². The van der Waals surface area contributed by atoms with E-state index in [0.29, 0.717) is 13.2 Å². The van der Waals surface area contributed by atoms with E-state index >= 15 is 0 Å². The zero-order valence-corrected chi connectivity index (χ0v) is 9.59. The number of hydrogen-bond donors (Lipinski definition) is 1. The Morgan fingerprint density at radius 2 is 2.00 bits per heavy atom. The van der Waals surface area contributed by atoms with E-state index < -0.39 is 0 Å². The second-order valence-electron chi connectivity index (χ2n) is 3.08. The van der Waals surface area contributed by atoms with Gasteiger partial charge < -0.3 is 14.7 Å². The molecule has 1 aliphatic heterocycles. The number of aromatic hydroxyl groups is 1. The molecule has 15 heavy (non-hydrogen) atoms. The van der Waals surface area contributed by atoms with Gasteiger partial charge >= 0.3 is 0 Å². The minimum Gasteiger partial charge on any atom is -0.505 e. The topological polar surface area (TPSA) is 45.6 Å². The van der Waals surface area contributed by atoms with Crippen molar-refractivity contribution in [3.63, 3.8) is 0 Å². The summed E-state index contributed by atoms with van der Waals surface area (Å²) in [4.78, 5) is 6.16. The Morgan fingerprint density at radius 1 is 1.33 bits per heavy atom. The van der Waals surface area contributed by atoms with Crippen LogP contribution in [0.1, 0.15) is 0 Å². The number of halogens is 2. The highest BCUT2D eigenvalue weighted by atomic mass is 35.5. The van der Waals surface area contributed by atoms with Crippen LogP contribution in [-0.4, -0.2) is 36.4 Å². The van der Waals surface area contributed by atoms with E-state index in [1.165, 1.54) is 0 Å². The molecule has 1 aliphatic rings. The average molecular weight is 251 g/mol. The fraction of sp³-hybridized carbons (Fsp3) is 0.444. The van der Waals surface area contributed by atoms with E-state index in [2.05, 4.69) is 9.88 Å². The molecule has 2 rings (SSSR count). The lowest BCUT2D eigenvalue weighted by molar-refractivity contribution is 0.122. The van der Waals surface area contributed by atoms with Gasteiger partial charge in [0.15, 0.2) is 10.9 Å². The monoisotopic (exact) mass is 250 g/mol. The lowest BCUT2D eigenvalue weighted by Gasteiger charge is -2.27. The molecule has 0 aromatic carbocycles. The first kappa shape index (κ1) is 12.4. The summed E-state index contributed by atoms with van der Waals surface area (Å²) in [5.74, 6) is 0.805. The number of ether oxygens (including phenoxy) is 1. The van der Waals surface area contributed by atoms with Gasteiger partial charge in [-0.05, 0) is 12.1 Å². The van der Waals surface area contributed by atoms with Crippen LogP contribution in [0.2, 0.25) is 5.15 Å². The number of hydrogen-bond acceptors (Lipinski definition) is 4. The standard InChI is InChI=1S/C9H11ClN2O2.ClH/c10-9-7(13)1-2-8(11-9)12-3-5-14-6-4-12;/h1-2,13H,3-6H2;1H. The van der Waals surface area contributed by atoms with E-state index in [9.17, 15) is 5.11 Å². The summed E-state index contributed by atoms with van der Waals surface area (Å²) in [6.45, 7) is 3.04. The molecule has 1 saturated heterocycles. The van der Waals surface area contributed by atoms with Crippen molar-refractivity contribution in [1.29, 1.82) is 0 Å². The number of rotatable bonds is 1. The van der Waals surface area contributed by atoms with Crippen LogP contribution in [0.4, 0.5) is 5.82 Å². The van der Waals surface area contributed by atoms with Gasteiger partial charge in [0.05, 0.1) is 13.2 Å². The molecule has 0 aliphatic carbocycles. The quantitative estimate of drug-likeness (QED) is 0.771. The minimum absolute atomic E-state index is 0. The first-order valence-electron chi connectivity index (χ1n) is 4.45. The smallest absolute Gasteiger partial charge is 0.173 e. The summed E-state index contributed by atoms with van der Waals surface area (Å²) < 4.78 is 5.22. The predicted octanol–water partition coefficient (Wildman–Crippen LogP) is 1.70. The highest BCUT2D eigenvalue weighted by Gasteiger charge is 2.13. The van der Waals surface area contributed by atoms with Crippen molar-refractivity contribution in [2.45, 2.75) is 0 Å². The van der Waals surface area contributed by atoms with Crippen molar-refractivity contribution in [2.75, 3.05) is 31.2 Å². The Labute approximate surface area is 99.2 Å². The first-order valence-corrected chi connectivity index (χ1v) is 4.83. The zero-order valence-electron chi connectivity index (χ0n) is 8.02. The molecule has 0 amide bonds. The number of anilines is 1. The van der Waals surface area contributed by atoms with Crippen LogP contribution in [0.3, 0.4) is 0 Å². The summed E-state index contributed by atoms with van der Waals surface area (Å²) >= 11 is 5.71. The fourth-order valence-electron chi connectivity index (χ4n) is 1.39. The molecule has 6 heteroatoms. The van der Waals surface area contributed by atoms with Crippen molar-refractivity contribution < 1.29 is 9.84 Å². The van der Waals surface area contributed by atoms with Crippen molar-refractivity contribution in [1.82, 2.24) is 4.98 Å². The first-order chi connectivity index (χ1) is 6.77. The molecule has 4 nitrogen and oxygen atoms in total. The maximum atomic E-state index is 9.20. The minimum atomic E-state index is 0. The molecule has 0 unspecified atom stereocenters. The van der Waals surface area contributed by atoms with Gasteiger partial charge in [-0.1, -0.05) is 11.6 Å². The molecule has 0 bridgehead atoms. The van der Waals surface area contributed by atoms with E-state index in [0.717, 1.165) is 18.9 Å². The van der Waals surface area contributed by atoms with Crippen LogP contribution in [0.5, 0.6) is 5.75 Å². The van der Waals surface area contributed by atoms with Crippen molar-refractivity contribution in [2.24, 2.45) is 0 Å². The molecule has 2 heterocycles. The Morgan fingerprint density at radius 3 is 2.60 bits per heavy atom. The van der Waals surface area contributed by atoms with Gasteiger partial charge in [-0.15, -0.1) is 12.4 Å². The summed E-state index contributed by atoms with van der Waals surface area (Å²) in [6, 6.07) is 3.31. The number of pyridine rings is 1. The van der Waals surface area contributed by atoms with Gasteiger partial charge in [-0.25, -0.2) is 4.98 Å². The summed E-state index contributed by atoms with van der Waals surface area (Å²) in [5, 5.41) is 9.35. The summed E-state index contributed by atoms with van der Waals surface area (Å²) in [7, 11) is 0. The molecule has 1 fully saturated rings. The van der Waals surface area contributed by atoms with E-state index in [4.69, 9.17) is 16.3 Å². The summed E-state index contributed by atoms with van der Waals surface area (Å²) in [5.41, 5.74) is 0. The van der Waals surface area contributed by atoms with Crippen molar-refractivity contribution in [3.05, 3.63) is 17.3 Å². The number of nitrogens with zero attached hydrogens (tertiary/aromatic N) is 2. The van der Waals surface area contributed by atoms with Crippen LogP contribution in [0.15, 0.2) is 12.1 Å². The van der Waals surface area contributed by atoms with Gasteiger partial charge in [0, 0.05) is 13.1 Å². The normalized spacial score (nSPS) is 15.9. The Hall–Kier alpha value is -0.710. The fourth-order valence-corrected chi connectivity index (χ4v) is 1.54. The molecule has 0 spiro atoms. The van der Waals surface area contributed by atoms with Gasteiger partial charge in [-0.2, -0.15) is 0 Å². The van der Waals surface area contributed by atoms with Crippen molar-refractivity contribution >= 4 is 29.8 Å². The maximum Gasteiger partial charge on any atom is 0.173 e. The second-order valence-corrected chi connectivity index (χ2v) is 3.44. The third-order valence-electron chi connectivity index (χ3n) is 2.15. The molecule has 1 aromatic rings.